The van der Waals surface area contributed by atoms with Gasteiger partial charge in [-0.1, -0.05) is 37.6 Å². The molecule has 0 radical (unpaired) electrons. The van der Waals surface area contributed by atoms with Gasteiger partial charge in [-0.05, 0) is 49.3 Å². The largest absolute Gasteiger partial charge is 0.308 e. The van der Waals surface area contributed by atoms with Crippen molar-refractivity contribution in [1.82, 2.24) is 10.2 Å². The summed E-state index contributed by atoms with van der Waals surface area (Å²) in [6, 6.07) is 8.95. The van der Waals surface area contributed by atoms with Gasteiger partial charge in [0, 0.05) is 36.2 Å². The van der Waals surface area contributed by atoms with Crippen LogP contribution in [-0.2, 0) is 6.54 Å². The number of piperazine rings is 1. The van der Waals surface area contributed by atoms with E-state index in [2.05, 4.69) is 43.1 Å². The average molecular weight is 307 g/mol. The SMILES string of the molecule is CC(C)C1CNC(C)(C2CC2)CN1Cc1ccc(Cl)cc1. The molecule has 2 aliphatic rings. The van der Waals surface area contributed by atoms with Gasteiger partial charge < -0.3 is 5.32 Å². The maximum atomic E-state index is 6.01. The van der Waals surface area contributed by atoms with Crippen LogP contribution in [0.3, 0.4) is 0 Å². The second-order valence-corrected chi connectivity index (χ2v) is 7.85. The maximum Gasteiger partial charge on any atom is 0.0406 e. The van der Waals surface area contributed by atoms with Crippen molar-refractivity contribution in [2.75, 3.05) is 13.1 Å². The summed E-state index contributed by atoms with van der Waals surface area (Å²) in [6.07, 6.45) is 2.79. The lowest BCUT2D eigenvalue weighted by molar-refractivity contribution is 0.0462. The van der Waals surface area contributed by atoms with E-state index in [1.807, 2.05) is 12.1 Å². The van der Waals surface area contributed by atoms with Gasteiger partial charge in [0.2, 0.25) is 0 Å². The van der Waals surface area contributed by atoms with Crippen molar-refractivity contribution in [3.8, 4) is 0 Å². The summed E-state index contributed by atoms with van der Waals surface area (Å²) in [4.78, 5) is 2.68. The van der Waals surface area contributed by atoms with Gasteiger partial charge >= 0.3 is 0 Å². The first kappa shape index (κ1) is 15.3. The van der Waals surface area contributed by atoms with E-state index in [1.165, 1.54) is 18.4 Å². The number of rotatable bonds is 4. The molecular weight excluding hydrogens is 280 g/mol. The molecule has 2 unspecified atom stereocenters. The molecule has 1 aliphatic heterocycles. The van der Waals surface area contributed by atoms with Gasteiger partial charge in [-0.15, -0.1) is 0 Å². The molecule has 1 heterocycles. The van der Waals surface area contributed by atoms with Gasteiger partial charge in [-0.25, -0.2) is 0 Å². The van der Waals surface area contributed by atoms with Crippen LogP contribution in [-0.4, -0.2) is 29.6 Å². The Morgan fingerprint density at radius 2 is 1.95 bits per heavy atom. The molecule has 21 heavy (non-hydrogen) atoms. The van der Waals surface area contributed by atoms with E-state index in [-0.39, 0.29) is 0 Å². The lowest BCUT2D eigenvalue weighted by Gasteiger charge is -2.48. The van der Waals surface area contributed by atoms with Gasteiger partial charge in [0.15, 0.2) is 0 Å². The van der Waals surface area contributed by atoms with E-state index in [4.69, 9.17) is 11.6 Å². The fraction of sp³-hybridized carbons (Fsp3) is 0.667. The molecule has 1 aromatic carbocycles. The monoisotopic (exact) mass is 306 g/mol. The van der Waals surface area contributed by atoms with Crippen LogP contribution >= 0.6 is 11.6 Å². The third kappa shape index (κ3) is 3.44. The number of benzene rings is 1. The molecule has 1 saturated heterocycles. The summed E-state index contributed by atoms with van der Waals surface area (Å²) in [5, 5.41) is 4.67. The normalized spacial score (nSPS) is 30.8. The fourth-order valence-corrected chi connectivity index (χ4v) is 3.84. The summed E-state index contributed by atoms with van der Waals surface area (Å²) >= 11 is 6.01. The van der Waals surface area contributed by atoms with Crippen LogP contribution in [0.5, 0.6) is 0 Å². The van der Waals surface area contributed by atoms with Crippen molar-refractivity contribution in [3.63, 3.8) is 0 Å². The zero-order chi connectivity index (χ0) is 15.0. The molecule has 2 atom stereocenters. The van der Waals surface area contributed by atoms with E-state index in [9.17, 15) is 0 Å². The van der Waals surface area contributed by atoms with Crippen molar-refractivity contribution < 1.29 is 0 Å². The van der Waals surface area contributed by atoms with E-state index in [1.54, 1.807) is 0 Å². The van der Waals surface area contributed by atoms with Gasteiger partial charge in [0.25, 0.3) is 0 Å². The first-order valence-corrected chi connectivity index (χ1v) is 8.59. The van der Waals surface area contributed by atoms with E-state index in [0.717, 1.165) is 30.6 Å². The van der Waals surface area contributed by atoms with Gasteiger partial charge in [-0.2, -0.15) is 0 Å². The van der Waals surface area contributed by atoms with Crippen LogP contribution in [0.2, 0.25) is 5.02 Å². The fourth-order valence-electron chi connectivity index (χ4n) is 3.71. The second-order valence-electron chi connectivity index (χ2n) is 7.42. The average Bonchev–Trinajstić information content (AvgIpc) is 3.26. The highest BCUT2D eigenvalue weighted by Crippen LogP contribution is 2.42. The molecular formula is C18H27ClN2. The highest BCUT2D eigenvalue weighted by molar-refractivity contribution is 6.30. The topological polar surface area (TPSA) is 15.3 Å². The van der Waals surface area contributed by atoms with Crippen molar-refractivity contribution in [1.29, 1.82) is 0 Å². The molecule has 0 bridgehead atoms. The Bertz CT molecular complexity index is 480. The Labute approximate surface area is 133 Å². The molecule has 3 rings (SSSR count). The molecule has 3 heteroatoms. The summed E-state index contributed by atoms with van der Waals surface area (Å²) in [5.41, 5.74) is 1.67. The predicted octanol–water partition coefficient (Wildman–Crippen LogP) is 3.94. The van der Waals surface area contributed by atoms with E-state index in [0.29, 0.717) is 17.5 Å². The Balaban J connectivity index is 1.75. The molecule has 1 aromatic rings. The quantitative estimate of drug-likeness (QED) is 0.906. The predicted molar refractivity (Wildman–Crippen MR) is 89.6 cm³/mol. The molecule has 0 spiro atoms. The van der Waals surface area contributed by atoms with Gasteiger partial charge in [0.05, 0.1) is 0 Å². The van der Waals surface area contributed by atoms with E-state index < -0.39 is 0 Å². The molecule has 1 N–H and O–H groups in total. The molecule has 2 nitrogen and oxygen atoms in total. The van der Waals surface area contributed by atoms with Crippen LogP contribution in [0.1, 0.15) is 39.2 Å². The highest BCUT2D eigenvalue weighted by Gasteiger charge is 2.46. The number of hydrogen-bond acceptors (Lipinski definition) is 2. The van der Waals surface area contributed by atoms with E-state index >= 15 is 0 Å². The minimum Gasteiger partial charge on any atom is -0.308 e. The Hall–Kier alpha value is -0.570. The minimum atomic E-state index is 0.303. The lowest BCUT2D eigenvalue weighted by Crippen LogP contribution is -2.64. The third-order valence-electron chi connectivity index (χ3n) is 5.26. The van der Waals surface area contributed by atoms with Crippen LogP contribution in [0.15, 0.2) is 24.3 Å². The second kappa shape index (κ2) is 5.91. The molecule has 1 saturated carbocycles. The third-order valence-corrected chi connectivity index (χ3v) is 5.51. The van der Waals surface area contributed by atoms with Crippen molar-refractivity contribution in [2.45, 2.75) is 51.7 Å². The van der Waals surface area contributed by atoms with Crippen molar-refractivity contribution in [2.24, 2.45) is 11.8 Å². The molecule has 1 aliphatic carbocycles. The van der Waals surface area contributed by atoms with Crippen LogP contribution in [0, 0.1) is 11.8 Å². The Kier molecular flexibility index (Phi) is 4.31. The summed E-state index contributed by atoms with van der Waals surface area (Å²) in [7, 11) is 0. The van der Waals surface area contributed by atoms with Crippen LogP contribution in [0.25, 0.3) is 0 Å². The Morgan fingerprint density at radius 1 is 1.29 bits per heavy atom. The number of nitrogens with one attached hydrogen (secondary N) is 1. The zero-order valence-electron chi connectivity index (χ0n) is 13.4. The number of halogens is 1. The number of nitrogens with zero attached hydrogens (tertiary/aromatic N) is 1. The first-order valence-electron chi connectivity index (χ1n) is 8.21. The minimum absolute atomic E-state index is 0.303. The molecule has 116 valence electrons. The smallest absolute Gasteiger partial charge is 0.0406 e. The first-order chi connectivity index (χ1) is 9.98. The molecule has 0 aromatic heterocycles. The van der Waals surface area contributed by atoms with Gasteiger partial charge in [-0.3, -0.25) is 4.90 Å². The lowest BCUT2D eigenvalue weighted by atomic mass is 9.88. The summed E-state index contributed by atoms with van der Waals surface area (Å²) in [6.45, 7) is 10.4. The zero-order valence-corrected chi connectivity index (χ0v) is 14.2. The summed E-state index contributed by atoms with van der Waals surface area (Å²) < 4.78 is 0. The molecule has 2 fully saturated rings. The Morgan fingerprint density at radius 3 is 2.52 bits per heavy atom. The maximum absolute atomic E-state index is 6.01. The van der Waals surface area contributed by atoms with Crippen LogP contribution in [0.4, 0.5) is 0 Å². The standard InChI is InChI=1S/C18H27ClN2/c1-13(2)17-10-20-18(3,15-6-7-15)12-21(17)11-14-4-8-16(19)9-5-14/h4-5,8-9,13,15,17,20H,6-7,10-12H2,1-3H3. The summed E-state index contributed by atoms with van der Waals surface area (Å²) in [5.74, 6) is 1.55. The van der Waals surface area contributed by atoms with Crippen LogP contribution < -0.4 is 5.32 Å². The highest BCUT2D eigenvalue weighted by atomic mass is 35.5. The molecule has 0 amide bonds. The number of hydrogen-bond donors (Lipinski definition) is 1. The van der Waals surface area contributed by atoms with Gasteiger partial charge in [0.1, 0.15) is 0 Å². The van der Waals surface area contributed by atoms with Crippen molar-refractivity contribution >= 4 is 11.6 Å². The van der Waals surface area contributed by atoms with Crippen molar-refractivity contribution in [3.05, 3.63) is 34.9 Å².